The van der Waals surface area contributed by atoms with Crippen molar-refractivity contribution < 1.29 is 33.3 Å². The number of hydrogen-bond acceptors (Lipinski definition) is 7. The summed E-state index contributed by atoms with van der Waals surface area (Å²) in [5.41, 5.74) is -0.626. The van der Waals surface area contributed by atoms with Crippen LogP contribution in [0.5, 0.6) is 0 Å². The van der Waals surface area contributed by atoms with E-state index in [0.717, 1.165) is 25.5 Å². The monoisotopic (exact) mass is 443 g/mol. The number of ether oxygens (including phenoxy) is 5. The molecular formula is C23H41NO7. The van der Waals surface area contributed by atoms with Crippen molar-refractivity contribution in [1.29, 1.82) is 0 Å². The maximum absolute atomic E-state index is 12.7. The maximum Gasteiger partial charge on any atom is 0.408 e. The van der Waals surface area contributed by atoms with Crippen molar-refractivity contribution in [3.05, 3.63) is 0 Å². The maximum atomic E-state index is 12.7. The van der Waals surface area contributed by atoms with E-state index in [4.69, 9.17) is 23.7 Å². The number of carbonyl (C=O) groups excluding carboxylic acids is 2. The minimum absolute atomic E-state index is 0.164. The van der Waals surface area contributed by atoms with E-state index >= 15 is 0 Å². The van der Waals surface area contributed by atoms with Gasteiger partial charge in [0.1, 0.15) is 24.1 Å². The summed E-state index contributed by atoms with van der Waals surface area (Å²) in [5, 5.41) is 2.98. The van der Waals surface area contributed by atoms with Crippen LogP contribution in [0.1, 0.15) is 81.1 Å². The Hall–Kier alpha value is -1.22. The van der Waals surface area contributed by atoms with Crippen LogP contribution in [0.15, 0.2) is 0 Å². The van der Waals surface area contributed by atoms with E-state index in [-0.39, 0.29) is 12.0 Å². The standard InChI is InChI=1S/C23H41NO7/c1-15(12-10-9-11-13-25)18-19(30-23(7,8)29-18)17(16-14-27-22(5,6)28-16)24-20(26)31-21(2,3)4/h13,15-19H,9-12,14H2,1-8H3,(H,24,26)/t15-,16+,17-,18-,19-/m0/s1. The molecule has 0 aromatic rings. The summed E-state index contributed by atoms with van der Waals surface area (Å²) >= 11 is 0. The quantitative estimate of drug-likeness (QED) is 0.426. The van der Waals surface area contributed by atoms with Crippen molar-refractivity contribution >= 4 is 12.4 Å². The first-order chi connectivity index (χ1) is 14.2. The Bertz CT molecular complexity index is 614. The van der Waals surface area contributed by atoms with Gasteiger partial charge in [0, 0.05) is 6.42 Å². The molecule has 2 aliphatic rings. The fraction of sp³-hybridized carbons (Fsp3) is 0.913. The van der Waals surface area contributed by atoms with E-state index in [2.05, 4.69) is 12.2 Å². The number of aldehydes is 1. The summed E-state index contributed by atoms with van der Waals surface area (Å²) in [6, 6.07) is -0.513. The molecule has 2 rings (SSSR count). The molecule has 180 valence electrons. The summed E-state index contributed by atoms with van der Waals surface area (Å²) in [7, 11) is 0. The van der Waals surface area contributed by atoms with Crippen molar-refractivity contribution in [2.75, 3.05) is 6.61 Å². The first-order valence-corrected chi connectivity index (χ1v) is 11.3. The molecule has 2 aliphatic heterocycles. The Kier molecular flexibility index (Phi) is 8.52. The number of unbranched alkanes of at least 4 members (excludes halogenated alkanes) is 2. The summed E-state index contributed by atoms with van der Waals surface area (Å²) in [4.78, 5) is 23.3. The minimum Gasteiger partial charge on any atom is -0.444 e. The predicted octanol–water partition coefficient (Wildman–Crippen LogP) is 3.95. The molecule has 0 radical (unpaired) electrons. The van der Waals surface area contributed by atoms with Crippen LogP contribution in [0.4, 0.5) is 4.79 Å². The molecule has 5 atom stereocenters. The van der Waals surface area contributed by atoms with Crippen molar-refractivity contribution in [3.63, 3.8) is 0 Å². The lowest BCUT2D eigenvalue weighted by Gasteiger charge is -2.34. The molecule has 0 unspecified atom stereocenters. The number of rotatable bonds is 9. The minimum atomic E-state index is -0.796. The molecule has 0 bridgehead atoms. The second-order valence-electron chi connectivity index (χ2n) is 10.5. The van der Waals surface area contributed by atoms with Crippen molar-refractivity contribution in [3.8, 4) is 0 Å². The third-order valence-electron chi connectivity index (χ3n) is 5.42. The molecule has 0 aromatic carbocycles. The topological polar surface area (TPSA) is 92.3 Å². The van der Waals surface area contributed by atoms with E-state index in [0.29, 0.717) is 13.0 Å². The van der Waals surface area contributed by atoms with E-state index in [1.54, 1.807) is 0 Å². The van der Waals surface area contributed by atoms with Crippen LogP contribution in [-0.2, 0) is 28.5 Å². The normalized spacial score (nSPS) is 29.4. The summed E-state index contributed by atoms with van der Waals surface area (Å²) < 4.78 is 29.9. The number of nitrogens with one attached hydrogen (secondary N) is 1. The lowest BCUT2D eigenvalue weighted by Crippen LogP contribution is -2.56. The van der Waals surface area contributed by atoms with Gasteiger partial charge in [-0.3, -0.25) is 0 Å². The van der Waals surface area contributed by atoms with Gasteiger partial charge in [-0.05, 0) is 67.2 Å². The van der Waals surface area contributed by atoms with Crippen molar-refractivity contribution in [2.24, 2.45) is 5.92 Å². The average Bonchev–Trinajstić information content (AvgIpc) is 3.13. The molecule has 2 heterocycles. The Morgan fingerprint density at radius 2 is 1.74 bits per heavy atom. The Balaban J connectivity index is 2.21. The average molecular weight is 444 g/mol. The number of hydrogen-bond donors (Lipinski definition) is 1. The molecule has 0 spiro atoms. The van der Waals surface area contributed by atoms with Gasteiger partial charge in [0.25, 0.3) is 0 Å². The van der Waals surface area contributed by atoms with Crippen LogP contribution in [0.25, 0.3) is 0 Å². The number of amides is 1. The SMILES string of the molecule is C[C@@H](CCCCC=O)[C@@H]1OC(C)(C)O[C@H]1[C@@H](NC(=O)OC(C)(C)C)[C@H]1COC(C)(C)O1. The lowest BCUT2D eigenvalue weighted by atomic mass is 9.89. The van der Waals surface area contributed by atoms with Gasteiger partial charge in [-0.2, -0.15) is 0 Å². The smallest absolute Gasteiger partial charge is 0.408 e. The number of carbonyl (C=O) groups is 2. The zero-order valence-electron chi connectivity index (χ0n) is 20.4. The number of alkyl carbamates (subject to hydrolysis) is 1. The molecule has 0 aliphatic carbocycles. The summed E-state index contributed by atoms with van der Waals surface area (Å²) in [5.74, 6) is -1.38. The highest BCUT2D eigenvalue weighted by atomic mass is 16.8. The first-order valence-electron chi connectivity index (χ1n) is 11.3. The third-order valence-corrected chi connectivity index (χ3v) is 5.42. The zero-order valence-corrected chi connectivity index (χ0v) is 20.4. The second kappa shape index (κ2) is 10.1. The molecule has 1 N–H and O–H groups in total. The first kappa shape index (κ1) is 26.0. The Labute approximate surface area is 186 Å². The highest BCUT2D eigenvalue weighted by Crippen LogP contribution is 2.38. The van der Waals surface area contributed by atoms with Crippen LogP contribution >= 0.6 is 0 Å². The zero-order chi connectivity index (χ0) is 23.4. The highest BCUT2D eigenvalue weighted by molar-refractivity contribution is 5.68. The van der Waals surface area contributed by atoms with Gasteiger partial charge in [-0.1, -0.05) is 13.3 Å². The largest absolute Gasteiger partial charge is 0.444 e. The van der Waals surface area contributed by atoms with Crippen molar-refractivity contribution in [1.82, 2.24) is 5.32 Å². The predicted molar refractivity (Wildman–Crippen MR) is 116 cm³/mol. The van der Waals surface area contributed by atoms with Gasteiger partial charge in [-0.15, -0.1) is 0 Å². The van der Waals surface area contributed by atoms with Crippen LogP contribution in [0.2, 0.25) is 0 Å². The van der Waals surface area contributed by atoms with E-state index in [9.17, 15) is 9.59 Å². The molecule has 8 heteroatoms. The lowest BCUT2D eigenvalue weighted by molar-refractivity contribution is -0.161. The molecule has 2 saturated heterocycles. The van der Waals surface area contributed by atoms with Gasteiger partial charge < -0.3 is 33.8 Å². The van der Waals surface area contributed by atoms with E-state index < -0.39 is 41.5 Å². The highest BCUT2D eigenvalue weighted by Gasteiger charge is 2.52. The third kappa shape index (κ3) is 8.00. The Morgan fingerprint density at radius 1 is 1.10 bits per heavy atom. The molecule has 8 nitrogen and oxygen atoms in total. The van der Waals surface area contributed by atoms with Gasteiger partial charge in [0.05, 0.1) is 18.8 Å². The van der Waals surface area contributed by atoms with Gasteiger partial charge in [0.15, 0.2) is 11.6 Å². The summed E-state index contributed by atoms with van der Waals surface area (Å²) in [6.45, 7) is 15.4. The van der Waals surface area contributed by atoms with Crippen LogP contribution < -0.4 is 5.32 Å². The van der Waals surface area contributed by atoms with Gasteiger partial charge in [-0.25, -0.2) is 4.79 Å². The van der Waals surface area contributed by atoms with Crippen molar-refractivity contribution in [2.45, 2.75) is 123 Å². The van der Waals surface area contributed by atoms with Crippen LogP contribution in [0, 0.1) is 5.92 Å². The van der Waals surface area contributed by atoms with E-state index in [1.807, 2.05) is 48.5 Å². The van der Waals surface area contributed by atoms with Crippen LogP contribution in [0.3, 0.4) is 0 Å². The molecule has 1 amide bonds. The molecule has 2 fully saturated rings. The Morgan fingerprint density at radius 3 is 2.29 bits per heavy atom. The van der Waals surface area contributed by atoms with Crippen LogP contribution in [-0.4, -0.2) is 60.5 Å². The fourth-order valence-corrected chi connectivity index (χ4v) is 4.12. The molecule has 0 aromatic heterocycles. The van der Waals surface area contributed by atoms with E-state index in [1.165, 1.54) is 0 Å². The summed E-state index contributed by atoms with van der Waals surface area (Å²) in [6.07, 6.45) is 2.55. The molecule has 0 saturated carbocycles. The second-order valence-corrected chi connectivity index (χ2v) is 10.5. The molecular weight excluding hydrogens is 402 g/mol. The van der Waals surface area contributed by atoms with Gasteiger partial charge in [0.2, 0.25) is 0 Å². The fourth-order valence-electron chi connectivity index (χ4n) is 4.12. The van der Waals surface area contributed by atoms with Gasteiger partial charge >= 0.3 is 6.09 Å². The molecule has 31 heavy (non-hydrogen) atoms.